The molecule has 1 aromatic heterocycles. The molecule has 0 amide bonds. The Kier molecular flexibility index (Phi) is 3.14. The molecule has 1 heterocycles. The van der Waals surface area contributed by atoms with E-state index in [1.807, 2.05) is 37.3 Å². The van der Waals surface area contributed by atoms with Gasteiger partial charge in [-0.2, -0.15) is 0 Å². The number of aryl methyl sites for hydroxylation is 1. The molecule has 0 saturated carbocycles. The summed E-state index contributed by atoms with van der Waals surface area (Å²) < 4.78 is 5.23. The van der Waals surface area contributed by atoms with Gasteiger partial charge in [0.1, 0.15) is 5.75 Å². The maximum Gasteiger partial charge on any atom is 0.250 e. The Bertz CT molecular complexity index is 576. The van der Waals surface area contributed by atoms with Crippen LogP contribution in [0.2, 0.25) is 0 Å². The highest BCUT2D eigenvalue weighted by atomic mass is 16.5. The van der Waals surface area contributed by atoms with E-state index in [4.69, 9.17) is 4.74 Å². The predicted molar refractivity (Wildman–Crippen MR) is 68.1 cm³/mol. The minimum absolute atomic E-state index is 0.123. The lowest BCUT2D eigenvalue weighted by Gasteiger charge is -2.10. The Morgan fingerprint density at radius 3 is 2.71 bits per heavy atom. The highest BCUT2D eigenvalue weighted by Gasteiger charge is 2.02. The SMILES string of the molecule is COc1ccccc1Nc1cc(C)[nH]c(=O)c1. The predicted octanol–water partition coefficient (Wildman–Crippen LogP) is 2.44. The first kappa shape index (κ1) is 11.3. The van der Waals surface area contributed by atoms with Gasteiger partial charge in [0.15, 0.2) is 0 Å². The minimum atomic E-state index is -0.123. The first-order valence-corrected chi connectivity index (χ1v) is 5.30. The number of H-pyrrole nitrogens is 1. The van der Waals surface area contributed by atoms with Crippen molar-refractivity contribution in [3.63, 3.8) is 0 Å². The van der Waals surface area contributed by atoms with Crippen molar-refractivity contribution >= 4 is 11.4 Å². The third-order valence-corrected chi connectivity index (χ3v) is 2.36. The zero-order valence-corrected chi connectivity index (χ0v) is 9.78. The highest BCUT2D eigenvalue weighted by molar-refractivity contribution is 5.66. The molecule has 2 N–H and O–H groups in total. The van der Waals surface area contributed by atoms with Crippen LogP contribution in [0, 0.1) is 6.92 Å². The number of ether oxygens (including phenoxy) is 1. The van der Waals surface area contributed by atoms with E-state index in [1.165, 1.54) is 6.07 Å². The zero-order chi connectivity index (χ0) is 12.3. The summed E-state index contributed by atoms with van der Waals surface area (Å²) in [6.07, 6.45) is 0. The van der Waals surface area contributed by atoms with Crippen molar-refractivity contribution in [3.05, 3.63) is 52.4 Å². The summed E-state index contributed by atoms with van der Waals surface area (Å²) in [4.78, 5) is 14.0. The summed E-state index contributed by atoms with van der Waals surface area (Å²) >= 11 is 0. The number of aromatic amines is 1. The van der Waals surface area contributed by atoms with Crippen molar-refractivity contribution in [3.8, 4) is 5.75 Å². The Balaban J connectivity index is 2.34. The van der Waals surface area contributed by atoms with Gasteiger partial charge in [-0.05, 0) is 25.1 Å². The van der Waals surface area contributed by atoms with Crippen molar-refractivity contribution in [2.24, 2.45) is 0 Å². The van der Waals surface area contributed by atoms with Crippen LogP contribution in [-0.4, -0.2) is 12.1 Å². The lowest BCUT2D eigenvalue weighted by Crippen LogP contribution is -2.07. The molecule has 0 aliphatic carbocycles. The van der Waals surface area contributed by atoms with Crippen LogP contribution in [0.15, 0.2) is 41.2 Å². The number of pyridine rings is 1. The summed E-state index contributed by atoms with van der Waals surface area (Å²) in [7, 11) is 1.61. The number of hydrogen-bond acceptors (Lipinski definition) is 3. The number of aromatic nitrogens is 1. The fourth-order valence-electron chi connectivity index (χ4n) is 1.66. The lowest BCUT2D eigenvalue weighted by atomic mass is 10.2. The van der Waals surface area contributed by atoms with Gasteiger partial charge in [-0.1, -0.05) is 12.1 Å². The summed E-state index contributed by atoms with van der Waals surface area (Å²) in [5.74, 6) is 0.741. The molecule has 0 unspecified atom stereocenters. The van der Waals surface area contributed by atoms with Crippen LogP contribution >= 0.6 is 0 Å². The number of hydrogen-bond donors (Lipinski definition) is 2. The molecule has 2 rings (SSSR count). The van der Waals surface area contributed by atoms with E-state index in [1.54, 1.807) is 7.11 Å². The van der Waals surface area contributed by atoms with E-state index < -0.39 is 0 Å². The molecule has 0 atom stereocenters. The number of rotatable bonds is 3. The van der Waals surface area contributed by atoms with Gasteiger partial charge in [0.05, 0.1) is 12.8 Å². The molecule has 0 spiro atoms. The molecule has 0 saturated heterocycles. The number of nitrogens with one attached hydrogen (secondary N) is 2. The molecule has 0 aliphatic rings. The molecule has 0 radical (unpaired) electrons. The fourth-order valence-corrected chi connectivity index (χ4v) is 1.66. The van der Waals surface area contributed by atoms with Crippen molar-refractivity contribution in [1.29, 1.82) is 0 Å². The molecular weight excluding hydrogens is 216 g/mol. The number of benzene rings is 1. The lowest BCUT2D eigenvalue weighted by molar-refractivity contribution is 0.417. The Morgan fingerprint density at radius 2 is 2.00 bits per heavy atom. The Morgan fingerprint density at radius 1 is 1.24 bits per heavy atom. The second-order valence-corrected chi connectivity index (χ2v) is 3.74. The number of methoxy groups -OCH3 is 1. The first-order chi connectivity index (χ1) is 8.19. The maximum atomic E-state index is 11.3. The largest absolute Gasteiger partial charge is 0.495 e. The van der Waals surface area contributed by atoms with Crippen molar-refractivity contribution in [1.82, 2.24) is 4.98 Å². The van der Waals surface area contributed by atoms with Gasteiger partial charge in [0, 0.05) is 17.4 Å². The number of anilines is 2. The summed E-state index contributed by atoms with van der Waals surface area (Å²) in [5.41, 5.74) is 2.27. The molecule has 1 aromatic carbocycles. The summed E-state index contributed by atoms with van der Waals surface area (Å²) in [6, 6.07) is 10.9. The van der Waals surface area contributed by atoms with Gasteiger partial charge in [-0.3, -0.25) is 4.79 Å². The van der Waals surface area contributed by atoms with Crippen LogP contribution in [0.4, 0.5) is 11.4 Å². The van der Waals surface area contributed by atoms with Crippen LogP contribution in [0.3, 0.4) is 0 Å². The third kappa shape index (κ3) is 2.66. The highest BCUT2D eigenvalue weighted by Crippen LogP contribution is 2.26. The second kappa shape index (κ2) is 4.74. The van der Waals surface area contributed by atoms with Crippen LogP contribution in [0.5, 0.6) is 5.75 Å². The van der Waals surface area contributed by atoms with E-state index in [-0.39, 0.29) is 5.56 Å². The maximum absolute atomic E-state index is 11.3. The van der Waals surface area contributed by atoms with Crippen LogP contribution in [-0.2, 0) is 0 Å². The molecule has 4 heteroatoms. The zero-order valence-electron chi connectivity index (χ0n) is 9.78. The molecule has 4 nitrogen and oxygen atoms in total. The van der Waals surface area contributed by atoms with E-state index >= 15 is 0 Å². The third-order valence-electron chi connectivity index (χ3n) is 2.36. The van der Waals surface area contributed by atoms with Gasteiger partial charge < -0.3 is 15.0 Å². The standard InChI is InChI=1S/C13H14N2O2/c1-9-7-10(8-13(16)14-9)15-11-5-3-4-6-12(11)17-2/h3-8H,1-2H3,(H2,14,15,16). The Hall–Kier alpha value is -2.23. The molecule has 0 fully saturated rings. The summed E-state index contributed by atoms with van der Waals surface area (Å²) in [5, 5.41) is 3.16. The van der Waals surface area contributed by atoms with Crippen molar-refractivity contribution in [2.75, 3.05) is 12.4 Å². The van der Waals surface area contributed by atoms with Gasteiger partial charge in [-0.15, -0.1) is 0 Å². The quantitative estimate of drug-likeness (QED) is 0.851. The van der Waals surface area contributed by atoms with Crippen molar-refractivity contribution in [2.45, 2.75) is 6.92 Å². The first-order valence-electron chi connectivity index (χ1n) is 5.30. The van der Waals surface area contributed by atoms with Gasteiger partial charge in [0.2, 0.25) is 5.56 Å². The Labute approximate surface area is 99.3 Å². The van der Waals surface area contributed by atoms with Crippen LogP contribution in [0.1, 0.15) is 5.69 Å². The summed E-state index contributed by atoms with van der Waals surface area (Å²) in [6.45, 7) is 1.84. The molecule has 0 bridgehead atoms. The molecule has 17 heavy (non-hydrogen) atoms. The van der Waals surface area contributed by atoms with Gasteiger partial charge in [0.25, 0.3) is 0 Å². The van der Waals surface area contributed by atoms with Crippen LogP contribution < -0.4 is 15.6 Å². The molecule has 0 aliphatic heterocycles. The average molecular weight is 230 g/mol. The monoisotopic (exact) mass is 230 g/mol. The van der Waals surface area contributed by atoms with E-state index in [9.17, 15) is 4.79 Å². The van der Waals surface area contributed by atoms with Gasteiger partial charge in [-0.25, -0.2) is 0 Å². The molecule has 2 aromatic rings. The average Bonchev–Trinajstić information content (AvgIpc) is 2.28. The van der Waals surface area contributed by atoms with Crippen molar-refractivity contribution < 1.29 is 4.74 Å². The topological polar surface area (TPSA) is 54.1 Å². The van der Waals surface area contributed by atoms with E-state index in [0.29, 0.717) is 0 Å². The number of para-hydroxylation sites is 2. The smallest absolute Gasteiger partial charge is 0.250 e. The van der Waals surface area contributed by atoms with Gasteiger partial charge >= 0.3 is 0 Å². The fraction of sp³-hybridized carbons (Fsp3) is 0.154. The molecule has 88 valence electrons. The second-order valence-electron chi connectivity index (χ2n) is 3.74. The normalized spacial score (nSPS) is 10.0. The van der Waals surface area contributed by atoms with E-state index in [2.05, 4.69) is 10.3 Å². The molecular formula is C13H14N2O2. The van der Waals surface area contributed by atoms with Crippen LogP contribution in [0.25, 0.3) is 0 Å². The minimum Gasteiger partial charge on any atom is -0.495 e. The van der Waals surface area contributed by atoms with E-state index in [0.717, 1.165) is 22.8 Å².